The fraction of sp³-hybridized carbons (Fsp3) is 0.577. The van der Waals surface area contributed by atoms with Crippen LogP contribution >= 0.6 is 35.2 Å². The van der Waals surface area contributed by atoms with Crippen molar-refractivity contribution >= 4 is 75.1 Å². The molecule has 322 valence electrons. The molecule has 3 heterocycles. The fourth-order valence-electron chi connectivity index (χ4n) is 4.63. The van der Waals surface area contributed by atoms with Crippen LogP contribution in [0.4, 0.5) is 5.82 Å². The highest BCUT2D eigenvalue weighted by molar-refractivity contribution is 8.14. The Morgan fingerprint density at radius 3 is 2.35 bits per heavy atom. The molecule has 2 unspecified atom stereocenters. The van der Waals surface area contributed by atoms with E-state index in [-0.39, 0.29) is 53.3 Å². The molecule has 1 aliphatic rings. The fourth-order valence-corrected chi connectivity index (χ4v) is 8.13. The van der Waals surface area contributed by atoms with E-state index in [1.54, 1.807) is 0 Å². The largest absolute Gasteiger partial charge is 0.481 e. The van der Waals surface area contributed by atoms with Gasteiger partial charge in [0.1, 0.15) is 36.3 Å². The van der Waals surface area contributed by atoms with Crippen molar-refractivity contribution in [2.75, 3.05) is 37.8 Å². The van der Waals surface area contributed by atoms with Crippen LogP contribution < -0.4 is 16.4 Å². The topological polar surface area (TPSA) is 432 Å². The summed E-state index contributed by atoms with van der Waals surface area (Å²) in [7, 11) is -16.5. The van der Waals surface area contributed by atoms with E-state index in [9.17, 15) is 62.7 Å². The van der Waals surface area contributed by atoms with Gasteiger partial charge < -0.3 is 61.5 Å². The molecule has 1 fully saturated rings. The lowest BCUT2D eigenvalue weighted by molar-refractivity contribution is -0.137. The minimum Gasteiger partial charge on any atom is -0.481 e. The molecule has 7 atom stereocenters. The predicted octanol–water partition coefficient (Wildman–Crippen LogP) is -2.13. The van der Waals surface area contributed by atoms with E-state index in [2.05, 4.69) is 41.0 Å². The summed E-state index contributed by atoms with van der Waals surface area (Å²) in [6.07, 6.45) is -7.65. The molecule has 0 radical (unpaired) electrons. The summed E-state index contributed by atoms with van der Waals surface area (Å²) in [4.78, 5) is 97.8. The molecular weight excluding hydrogens is 855 g/mol. The highest BCUT2D eigenvalue weighted by atomic mass is 32.2. The van der Waals surface area contributed by atoms with Crippen LogP contribution in [0.15, 0.2) is 24.8 Å². The number of aromatic nitrogens is 4. The summed E-state index contributed by atoms with van der Waals surface area (Å²) in [5.74, 6) is -2.72. The number of carboxylic acid groups (broad SMARTS) is 1. The normalized spacial score (nSPS) is 21.1. The van der Waals surface area contributed by atoms with Crippen LogP contribution in [-0.2, 0) is 55.5 Å². The summed E-state index contributed by atoms with van der Waals surface area (Å²) in [6, 6.07) is 0. The van der Waals surface area contributed by atoms with E-state index in [0.717, 1.165) is 29.0 Å². The van der Waals surface area contributed by atoms with Gasteiger partial charge in [0.05, 0.1) is 26.0 Å². The van der Waals surface area contributed by atoms with Crippen LogP contribution in [-0.4, -0.2) is 139 Å². The molecule has 0 aliphatic carbocycles. The number of aliphatic hydroxyl groups is 2. The monoisotopic (exact) mass is 897 g/mol. The number of nitrogens with two attached hydrogens (primary N) is 1. The summed E-state index contributed by atoms with van der Waals surface area (Å²) >= 11 is 0.757. The third-order valence-corrected chi connectivity index (χ3v) is 11.4. The first-order valence-corrected chi connectivity index (χ1v) is 21.3. The number of nitrogens with one attached hydrogen (secondary N) is 2. The molecule has 57 heavy (non-hydrogen) atoms. The van der Waals surface area contributed by atoms with Gasteiger partial charge in [-0.3, -0.25) is 37.3 Å². The maximum atomic E-state index is 12.7. The second-order valence-corrected chi connectivity index (χ2v) is 17.7. The number of anilines is 1. The van der Waals surface area contributed by atoms with Crippen molar-refractivity contribution in [3.05, 3.63) is 24.8 Å². The lowest BCUT2D eigenvalue weighted by Crippen LogP contribution is -2.46. The zero-order chi connectivity index (χ0) is 42.2. The zero-order valence-corrected chi connectivity index (χ0v) is 33.3. The molecule has 0 aromatic carbocycles. The van der Waals surface area contributed by atoms with E-state index < -0.39 is 102 Å². The molecule has 2 aromatic rings. The number of carboxylic acids is 1. The smallest absolute Gasteiger partial charge is 0.481 e. The average molecular weight is 898 g/mol. The summed E-state index contributed by atoms with van der Waals surface area (Å²) in [6.45, 7) is 3.50. The number of carbonyl (C=O) groups is 4. The van der Waals surface area contributed by atoms with E-state index in [0.29, 0.717) is 0 Å². The Bertz CT molecular complexity index is 1930. The Hall–Kier alpha value is -3.27. The number of phosphoric acid groups is 3. The molecule has 0 bridgehead atoms. The number of carbonyl (C=O) groups excluding carboxylic acids is 3. The van der Waals surface area contributed by atoms with Crippen molar-refractivity contribution in [3.8, 4) is 0 Å². The van der Waals surface area contributed by atoms with Gasteiger partial charge in [-0.2, -0.15) is 4.31 Å². The summed E-state index contributed by atoms with van der Waals surface area (Å²) < 4.78 is 61.9. The van der Waals surface area contributed by atoms with Gasteiger partial charge in [-0.25, -0.2) is 28.6 Å². The Morgan fingerprint density at radius 2 is 1.72 bits per heavy atom. The third kappa shape index (κ3) is 15.1. The maximum absolute atomic E-state index is 12.7. The number of amides is 2. The van der Waals surface area contributed by atoms with Gasteiger partial charge in [-0.05, 0) is 0 Å². The van der Waals surface area contributed by atoms with Crippen LogP contribution in [0.1, 0.15) is 32.9 Å². The van der Waals surface area contributed by atoms with Crippen molar-refractivity contribution < 1.29 is 95.9 Å². The maximum Gasteiger partial charge on any atom is 0.481 e. The number of hydrogen-bond acceptors (Lipinski definition) is 19. The molecule has 1 aliphatic heterocycles. The number of phosphoric ester groups is 3. The second kappa shape index (κ2) is 20.6. The molecule has 0 saturated carbocycles. The van der Waals surface area contributed by atoms with Gasteiger partial charge in [0.15, 0.2) is 17.7 Å². The molecule has 31 heteroatoms. The SMILES string of the molecule is C=C(CC(=O)O)C(=O)SCCNC(=O)CCNC(=O)[C@H](O)C(C)(C)COP(=O)(O)OP(=O)(O)OC[C@H]1O[C@@H](n2cnc3c(N)ncnc32)[C@H](O)[C@@H]1OP(=O)(O)O.O. The molecule has 1 saturated heterocycles. The first-order chi connectivity index (χ1) is 25.8. The standard InChI is InChI=1S/C26H40N7O19P3S.H2O/c1-13(8-16(35)36)25(40)56-7-6-28-15(34)4-5-29-23(39)20(38)26(2,3)10-49-55(46,47)52-54(44,45)48-9-14-19(51-53(41,42)43)18(37)24(50-14)33-12-32-17-21(27)30-11-31-22(17)33;/h11-12,14,18-20,24,37-38H,1,4-10H2,2-3H3,(H,28,34)(H,29,39)(H,35,36)(H,44,45)(H,46,47)(H2,27,30,31)(H2,41,42,43);1H2/t14-,18-,19-,20+,24-;/m1./s1. The number of aliphatic carboxylic acids is 1. The van der Waals surface area contributed by atoms with Crippen LogP contribution in [0.5, 0.6) is 0 Å². The number of nitrogens with zero attached hydrogens (tertiary/aromatic N) is 4. The van der Waals surface area contributed by atoms with Gasteiger partial charge in [0.25, 0.3) is 0 Å². The van der Waals surface area contributed by atoms with E-state index in [4.69, 9.17) is 24.6 Å². The third-order valence-electron chi connectivity index (χ3n) is 7.39. The Kier molecular flexibility index (Phi) is 18.0. The lowest BCUT2D eigenvalue weighted by atomic mass is 9.87. The Morgan fingerprint density at radius 1 is 1.07 bits per heavy atom. The highest BCUT2D eigenvalue weighted by Crippen LogP contribution is 2.61. The molecule has 0 spiro atoms. The number of hydrogen-bond donors (Lipinski definition) is 10. The van der Waals surface area contributed by atoms with E-state index in [1.807, 2.05) is 0 Å². The van der Waals surface area contributed by atoms with E-state index >= 15 is 0 Å². The molecule has 2 amide bonds. The van der Waals surface area contributed by atoms with Crippen molar-refractivity contribution in [1.82, 2.24) is 30.2 Å². The first kappa shape index (κ1) is 49.9. The Balaban J connectivity index is 0.0000112. The first-order valence-electron chi connectivity index (χ1n) is 15.8. The van der Waals surface area contributed by atoms with Crippen LogP contribution in [0.25, 0.3) is 11.2 Å². The van der Waals surface area contributed by atoms with Gasteiger partial charge in [-0.1, -0.05) is 32.2 Å². The quantitative estimate of drug-likeness (QED) is 0.0343. The minimum absolute atomic E-state index is 0. The van der Waals surface area contributed by atoms with Crippen molar-refractivity contribution in [3.63, 3.8) is 0 Å². The Labute approximate surface area is 326 Å². The van der Waals surface area contributed by atoms with Crippen LogP contribution in [0.2, 0.25) is 0 Å². The van der Waals surface area contributed by atoms with E-state index in [1.165, 1.54) is 13.8 Å². The van der Waals surface area contributed by atoms with Gasteiger partial charge >= 0.3 is 29.4 Å². The van der Waals surface area contributed by atoms with Crippen molar-refractivity contribution in [2.45, 2.75) is 57.3 Å². The highest BCUT2D eigenvalue weighted by Gasteiger charge is 2.50. The molecule has 13 N–H and O–H groups in total. The second-order valence-electron chi connectivity index (χ2n) is 12.4. The summed E-state index contributed by atoms with van der Waals surface area (Å²) in [5.41, 5.74) is 4.07. The molecule has 2 aromatic heterocycles. The number of imidazole rings is 1. The van der Waals surface area contributed by atoms with Crippen molar-refractivity contribution in [2.24, 2.45) is 5.41 Å². The predicted molar refractivity (Wildman–Crippen MR) is 192 cm³/mol. The molecule has 27 nitrogen and oxygen atoms in total. The summed E-state index contributed by atoms with van der Waals surface area (Å²) in [5, 5.41) is 34.3. The molecular formula is C26H42N7O20P3S. The number of thioether (sulfide) groups is 1. The van der Waals surface area contributed by atoms with Crippen LogP contribution in [0, 0.1) is 5.41 Å². The van der Waals surface area contributed by atoms with Crippen molar-refractivity contribution in [1.29, 1.82) is 0 Å². The number of ether oxygens (including phenoxy) is 1. The minimum atomic E-state index is -5.59. The number of rotatable bonds is 22. The van der Waals surface area contributed by atoms with Crippen LogP contribution in [0.3, 0.4) is 0 Å². The number of aliphatic hydroxyl groups excluding tert-OH is 2. The molecule has 3 rings (SSSR count). The van der Waals surface area contributed by atoms with Gasteiger partial charge in [-0.15, -0.1) is 0 Å². The number of fused-ring (bicyclic) bond motifs is 1. The zero-order valence-electron chi connectivity index (χ0n) is 29.8. The van der Waals surface area contributed by atoms with Gasteiger partial charge in [0.2, 0.25) is 16.9 Å². The average Bonchev–Trinajstić information content (AvgIpc) is 3.64. The number of nitrogen functional groups attached to an aromatic ring is 1. The lowest BCUT2D eigenvalue weighted by Gasteiger charge is -2.30. The van der Waals surface area contributed by atoms with Gasteiger partial charge in [0, 0.05) is 36.3 Å².